The number of nitro benzene ring substituents is 1. The highest BCUT2D eigenvalue weighted by Gasteiger charge is 2.26. The summed E-state index contributed by atoms with van der Waals surface area (Å²) in [6.07, 6.45) is 1.48. The van der Waals surface area contributed by atoms with E-state index in [0.29, 0.717) is 23.6 Å². The maximum atomic E-state index is 12.3. The van der Waals surface area contributed by atoms with Gasteiger partial charge in [0.25, 0.3) is 5.91 Å². The van der Waals surface area contributed by atoms with Crippen LogP contribution in [0.15, 0.2) is 47.1 Å². The number of ether oxygens (including phenoxy) is 4. The monoisotopic (exact) mass is 455 g/mol. The highest BCUT2D eigenvalue weighted by Crippen LogP contribution is 2.31. The van der Waals surface area contributed by atoms with Crippen molar-refractivity contribution in [3.05, 3.63) is 63.3 Å². The lowest BCUT2D eigenvalue weighted by atomic mass is 10.1. The lowest BCUT2D eigenvalue weighted by Gasteiger charge is -2.11. The van der Waals surface area contributed by atoms with Crippen LogP contribution in [0.5, 0.6) is 17.2 Å². The van der Waals surface area contributed by atoms with E-state index in [-0.39, 0.29) is 41.1 Å². The van der Waals surface area contributed by atoms with Gasteiger partial charge in [0.2, 0.25) is 5.90 Å². The molecule has 0 aliphatic carbocycles. The van der Waals surface area contributed by atoms with Crippen LogP contribution >= 0.6 is 0 Å². The number of nitro groups is 1. The molecule has 2 aromatic rings. The van der Waals surface area contributed by atoms with Crippen molar-refractivity contribution < 1.29 is 33.5 Å². The molecule has 0 saturated heterocycles. The lowest BCUT2D eigenvalue weighted by molar-refractivity contribution is -0.385. The third-order valence-corrected chi connectivity index (χ3v) is 4.47. The van der Waals surface area contributed by atoms with Crippen LogP contribution < -0.4 is 19.5 Å². The average molecular weight is 455 g/mol. The van der Waals surface area contributed by atoms with Crippen LogP contribution in [0.3, 0.4) is 0 Å². The number of nitrogens with zero attached hydrogens (tertiary/aromatic N) is 2. The Morgan fingerprint density at radius 2 is 1.88 bits per heavy atom. The Hall–Kier alpha value is -4.41. The first kappa shape index (κ1) is 23.3. The van der Waals surface area contributed by atoms with Crippen molar-refractivity contribution in [2.75, 3.05) is 27.4 Å². The molecule has 33 heavy (non-hydrogen) atoms. The van der Waals surface area contributed by atoms with Crippen LogP contribution in [0.1, 0.15) is 18.1 Å². The summed E-state index contributed by atoms with van der Waals surface area (Å²) in [5.74, 6) is -0.249. The van der Waals surface area contributed by atoms with Gasteiger partial charge in [-0.15, -0.1) is 0 Å². The number of esters is 1. The number of carbonyl (C=O) groups excluding carboxylic acids is 2. The zero-order valence-electron chi connectivity index (χ0n) is 18.1. The fourth-order valence-corrected chi connectivity index (χ4v) is 2.94. The highest BCUT2D eigenvalue weighted by molar-refractivity contribution is 6.13. The second-order valence-corrected chi connectivity index (χ2v) is 6.63. The van der Waals surface area contributed by atoms with Gasteiger partial charge in [-0.2, -0.15) is 0 Å². The summed E-state index contributed by atoms with van der Waals surface area (Å²) < 4.78 is 20.9. The lowest BCUT2D eigenvalue weighted by Crippen LogP contribution is -2.28. The van der Waals surface area contributed by atoms with Gasteiger partial charge < -0.3 is 24.3 Å². The molecule has 0 bridgehead atoms. The summed E-state index contributed by atoms with van der Waals surface area (Å²) in [7, 11) is 2.77. The molecule has 0 aromatic heterocycles. The second kappa shape index (κ2) is 10.3. The maximum Gasteiger partial charge on any atom is 0.363 e. The molecule has 0 spiro atoms. The number of benzene rings is 2. The molecule has 0 saturated carbocycles. The Kier molecular flexibility index (Phi) is 7.24. The van der Waals surface area contributed by atoms with Crippen molar-refractivity contribution in [1.82, 2.24) is 5.32 Å². The Morgan fingerprint density at radius 1 is 1.15 bits per heavy atom. The van der Waals surface area contributed by atoms with Crippen LogP contribution in [0.25, 0.3) is 6.08 Å². The third kappa shape index (κ3) is 5.45. The van der Waals surface area contributed by atoms with E-state index < -0.39 is 10.9 Å². The molecule has 1 heterocycles. The minimum atomic E-state index is -0.709. The van der Waals surface area contributed by atoms with Crippen molar-refractivity contribution in [2.45, 2.75) is 6.92 Å². The van der Waals surface area contributed by atoms with Crippen molar-refractivity contribution in [2.24, 2.45) is 4.99 Å². The van der Waals surface area contributed by atoms with Gasteiger partial charge in [0.15, 0.2) is 29.6 Å². The number of nitrogens with one attached hydrogen (secondary N) is 1. The molecule has 0 unspecified atom stereocenters. The van der Waals surface area contributed by atoms with Gasteiger partial charge in [-0.25, -0.2) is 9.79 Å². The molecule has 11 heteroatoms. The molecule has 1 aliphatic rings. The largest absolute Gasteiger partial charge is 0.493 e. The number of methoxy groups -OCH3 is 2. The summed E-state index contributed by atoms with van der Waals surface area (Å²) in [5.41, 5.74) is 0.543. The van der Waals surface area contributed by atoms with Crippen molar-refractivity contribution in [3.63, 3.8) is 0 Å². The van der Waals surface area contributed by atoms with Gasteiger partial charge in [-0.05, 0) is 42.8 Å². The van der Waals surface area contributed by atoms with Crippen LogP contribution in [-0.2, 0) is 14.3 Å². The van der Waals surface area contributed by atoms with E-state index in [2.05, 4.69) is 10.3 Å². The van der Waals surface area contributed by atoms with Gasteiger partial charge in [-0.3, -0.25) is 14.9 Å². The normalized spacial score (nSPS) is 13.8. The van der Waals surface area contributed by atoms with Gasteiger partial charge >= 0.3 is 11.7 Å². The number of aliphatic imine (C=N–C) groups is 1. The molecule has 11 nitrogen and oxygen atoms in total. The van der Waals surface area contributed by atoms with Gasteiger partial charge in [0.1, 0.15) is 0 Å². The molecule has 0 atom stereocenters. The summed E-state index contributed by atoms with van der Waals surface area (Å²) in [4.78, 5) is 38.7. The number of carbonyl (C=O) groups is 2. The first-order valence-electron chi connectivity index (χ1n) is 9.79. The third-order valence-electron chi connectivity index (χ3n) is 4.47. The highest BCUT2D eigenvalue weighted by atomic mass is 16.6. The zero-order chi connectivity index (χ0) is 24.0. The number of likely N-dealkylation sites (N-methyl/N-ethyl adjacent to an activating group) is 1. The molecular formula is C22H21N3O8. The number of rotatable bonds is 9. The Morgan fingerprint density at radius 3 is 2.55 bits per heavy atom. The Balaban J connectivity index is 1.85. The summed E-state index contributed by atoms with van der Waals surface area (Å²) >= 11 is 0. The van der Waals surface area contributed by atoms with Crippen molar-refractivity contribution in [3.8, 4) is 17.2 Å². The standard InChI is InChI=1S/C22H21N3O8/c1-4-23-20(26)12-32-18-7-5-13(10-19(18)31-3)9-15-22(27)33-21(24-15)14-6-8-17(30-2)16(11-14)25(28)29/h5-11H,4,12H2,1-3H3,(H,23,26)/b15-9-. The second-order valence-electron chi connectivity index (χ2n) is 6.63. The number of hydrogen-bond donors (Lipinski definition) is 1. The quantitative estimate of drug-likeness (QED) is 0.263. The van der Waals surface area contributed by atoms with Crippen LogP contribution in [0, 0.1) is 10.1 Å². The first-order chi connectivity index (χ1) is 15.9. The molecule has 0 fully saturated rings. The van der Waals surface area contributed by atoms with Gasteiger partial charge in [0, 0.05) is 18.2 Å². The van der Waals surface area contributed by atoms with E-state index in [1.54, 1.807) is 25.1 Å². The number of cyclic esters (lactones) is 1. The summed E-state index contributed by atoms with van der Waals surface area (Å²) in [6, 6.07) is 8.99. The maximum absolute atomic E-state index is 12.3. The zero-order valence-corrected chi connectivity index (χ0v) is 18.1. The molecular weight excluding hydrogens is 434 g/mol. The molecule has 1 aliphatic heterocycles. The average Bonchev–Trinajstić information content (AvgIpc) is 3.17. The SMILES string of the molecule is CCNC(=O)COc1ccc(/C=C2\N=C(c3ccc(OC)c([N+](=O)[O-])c3)OC2=O)cc1OC. The van der Waals surface area contributed by atoms with E-state index in [9.17, 15) is 19.7 Å². The molecule has 3 rings (SSSR count). The van der Waals surface area contributed by atoms with Crippen LogP contribution in [-0.4, -0.2) is 50.1 Å². The van der Waals surface area contributed by atoms with Crippen LogP contribution in [0.4, 0.5) is 5.69 Å². The van der Waals surface area contributed by atoms with E-state index in [1.165, 1.54) is 38.5 Å². The molecule has 1 amide bonds. The van der Waals surface area contributed by atoms with Crippen LogP contribution in [0.2, 0.25) is 0 Å². The molecule has 2 aromatic carbocycles. The van der Waals surface area contributed by atoms with Gasteiger partial charge in [-0.1, -0.05) is 6.07 Å². The minimum Gasteiger partial charge on any atom is -0.493 e. The molecule has 1 N–H and O–H groups in total. The number of amides is 1. The Bertz CT molecular complexity index is 1160. The van der Waals surface area contributed by atoms with E-state index >= 15 is 0 Å². The van der Waals surface area contributed by atoms with Crippen molar-refractivity contribution in [1.29, 1.82) is 0 Å². The molecule has 172 valence electrons. The van der Waals surface area contributed by atoms with E-state index in [1.807, 2.05) is 0 Å². The van der Waals surface area contributed by atoms with Gasteiger partial charge in [0.05, 0.1) is 19.1 Å². The first-order valence-corrected chi connectivity index (χ1v) is 9.79. The summed E-state index contributed by atoms with van der Waals surface area (Å²) in [5, 5.41) is 13.9. The van der Waals surface area contributed by atoms with E-state index in [4.69, 9.17) is 18.9 Å². The summed E-state index contributed by atoms with van der Waals surface area (Å²) in [6.45, 7) is 2.13. The molecule has 0 radical (unpaired) electrons. The minimum absolute atomic E-state index is 0.00140. The fourth-order valence-electron chi connectivity index (χ4n) is 2.94. The van der Waals surface area contributed by atoms with Crippen molar-refractivity contribution >= 4 is 29.5 Å². The topological polar surface area (TPSA) is 139 Å². The van der Waals surface area contributed by atoms with E-state index in [0.717, 1.165) is 0 Å². The predicted octanol–water partition coefficient (Wildman–Crippen LogP) is 2.47. The number of hydrogen-bond acceptors (Lipinski definition) is 9. The smallest absolute Gasteiger partial charge is 0.363 e. The predicted molar refractivity (Wildman–Crippen MR) is 117 cm³/mol. The Labute approximate surface area is 188 Å². The fraction of sp³-hybridized carbons (Fsp3) is 0.227.